The van der Waals surface area contributed by atoms with Crippen molar-refractivity contribution >= 4 is 22.0 Å². The predicted octanol–water partition coefficient (Wildman–Crippen LogP) is 4.28. The van der Waals surface area contributed by atoms with Crippen LogP contribution in [0, 0.1) is 5.82 Å². The summed E-state index contributed by atoms with van der Waals surface area (Å²) in [5.41, 5.74) is 2.86. The van der Waals surface area contributed by atoms with E-state index in [2.05, 4.69) is 15.9 Å². The fourth-order valence-corrected chi connectivity index (χ4v) is 2.91. The summed E-state index contributed by atoms with van der Waals surface area (Å²) in [6.07, 6.45) is 0.301. The SMILES string of the molecule is O=C(OCc1ccccc1)N1CCc2cc(F)c(Br)cc2C1. The van der Waals surface area contributed by atoms with Crippen LogP contribution in [-0.2, 0) is 24.3 Å². The van der Waals surface area contributed by atoms with E-state index in [-0.39, 0.29) is 18.5 Å². The number of hydrogen-bond donors (Lipinski definition) is 0. The van der Waals surface area contributed by atoms with Crippen molar-refractivity contribution in [2.45, 2.75) is 19.6 Å². The van der Waals surface area contributed by atoms with Gasteiger partial charge >= 0.3 is 6.09 Å². The molecule has 0 aliphatic carbocycles. The summed E-state index contributed by atoms with van der Waals surface area (Å²) in [6, 6.07) is 12.8. The number of hydrogen-bond acceptors (Lipinski definition) is 2. The molecular weight excluding hydrogens is 349 g/mol. The molecule has 1 amide bonds. The van der Waals surface area contributed by atoms with Crippen molar-refractivity contribution in [3.63, 3.8) is 0 Å². The zero-order valence-electron chi connectivity index (χ0n) is 11.9. The molecule has 0 unspecified atom stereocenters. The Balaban J connectivity index is 1.64. The zero-order valence-corrected chi connectivity index (χ0v) is 13.5. The summed E-state index contributed by atoms with van der Waals surface area (Å²) in [7, 11) is 0. The quantitative estimate of drug-likeness (QED) is 0.796. The first kappa shape index (κ1) is 15.0. The van der Waals surface area contributed by atoms with E-state index in [0.29, 0.717) is 24.0 Å². The van der Waals surface area contributed by atoms with E-state index in [1.165, 1.54) is 6.07 Å². The molecule has 0 aromatic heterocycles. The molecule has 3 rings (SSSR count). The number of ether oxygens (including phenoxy) is 1. The van der Waals surface area contributed by atoms with Crippen LogP contribution in [0.3, 0.4) is 0 Å². The fraction of sp³-hybridized carbons (Fsp3) is 0.235. The van der Waals surface area contributed by atoms with Gasteiger partial charge in [-0.25, -0.2) is 9.18 Å². The van der Waals surface area contributed by atoms with Crippen LogP contribution in [0.25, 0.3) is 0 Å². The highest BCUT2D eigenvalue weighted by molar-refractivity contribution is 9.10. The number of nitrogens with zero attached hydrogens (tertiary/aromatic N) is 1. The number of carbonyl (C=O) groups is 1. The Hall–Kier alpha value is -1.88. The Kier molecular flexibility index (Phi) is 4.43. The minimum Gasteiger partial charge on any atom is -0.445 e. The van der Waals surface area contributed by atoms with Gasteiger partial charge < -0.3 is 9.64 Å². The molecular formula is C17H15BrFNO2. The maximum absolute atomic E-state index is 13.5. The topological polar surface area (TPSA) is 29.5 Å². The maximum Gasteiger partial charge on any atom is 0.410 e. The summed E-state index contributed by atoms with van der Waals surface area (Å²) in [5.74, 6) is -0.265. The number of halogens is 2. The summed E-state index contributed by atoms with van der Waals surface area (Å²) >= 11 is 3.18. The number of amides is 1. The lowest BCUT2D eigenvalue weighted by atomic mass is 10.00. The third-order valence-electron chi connectivity index (χ3n) is 3.72. The predicted molar refractivity (Wildman–Crippen MR) is 84.8 cm³/mol. The van der Waals surface area contributed by atoms with Gasteiger partial charge in [0.25, 0.3) is 0 Å². The molecule has 22 heavy (non-hydrogen) atoms. The second kappa shape index (κ2) is 6.48. The number of fused-ring (bicyclic) bond motifs is 1. The number of benzene rings is 2. The molecule has 0 fully saturated rings. The lowest BCUT2D eigenvalue weighted by molar-refractivity contribution is 0.0918. The van der Waals surface area contributed by atoms with E-state index in [0.717, 1.165) is 16.7 Å². The van der Waals surface area contributed by atoms with Gasteiger partial charge in [0.2, 0.25) is 0 Å². The van der Waals surface area contributed by atoms with Crippen LogP contribution < -0.4 is 0 Å². The van der Waals surface area contributed by atoms with E-state index >= 15 is 0 Å². The average molecular weight is 364 g/mol. The second-order valence-corrected chi connectivity index (χ2v) is 6.10. The lowest BCUT2D eigenvalue weighted by Crippen LogP contribution is -2.36. The van der Waals surface area contributed by atoms with Crippen molar-refractivity contribution in [1.82, 2.24) is 4.90 Å². The standard InChI is InChI=1S/C17H15BrFNO2/c18-15-8-14-10-20(7-6-13(14)9-16(15)19)17(21)22-11-12-4-2-1-3-5-12/h1-5,8-9H,6-7,10-11H2. The first-order valence-electron chi connectivity index (χ1n) is 7.06. The number of carbonyl (C=O) groups excluding carboxylic acids is 1. The Bertz CT molecular complexity index is 691. The molecule has 114 valence electrons. The summed E-state index contributed by atoms with van der Waals surface area (Å²) < 4.78 is 19.3. The molecule has 2 aromatic rings. The van der Waals surface area contributed by atoms with Gasteiger partial charge in [-0.05, 0) is 51.2 Å². The summed E-state index contributed by atoms with van der Waals surface area (Å²) in [5, 5.41) is 0. The minimum atomic E-state index is -0.338. The minimum absolute atomic E-state index is 0.260. The van der Waals surface area contributed by atoms with Gasteiger partial charge in [0.05, 0.1) is 4.47 Å². The highest BCUT2D eigenvalue weighted by atomic mass is 79.9. The van der Waals surface area contributed by atoms with E-state index in [1.807, 2.05) is 30.3 Å². The third-order valence-corrected chi connectivity index (χ3v) is 4.33. The van der Waals surface area contributed by atoms with E-state index in [1.54, 1.807) is 11.0 Å². The van der Waals surface area contributed by atoms with Gasteiger partial charge in [-0.3, -0.25) is 0 Å². The fourth-order valence-electron chi connectivity index (χ4n) is 2.52. The molecule has 0 bridgehead atoms. The van der Waals surface area contributed by atoms with Crippen molar-refractivity contribution in [1.29, 1.82) is 0 Å². The van der Waals surface area contributed by atoms with Gasteiger partial charge in [-0.2, -0.15) is 0 Å². The number of rotatable bonds is 2. The van der Waals surface area contributed by atoms with E-state index in [4.69, 9.17) is 4.74 Å². The Morgan fingerprint density at radius 1 is 1.23 bits per heavy atom. The van der Waals surface area contributed by atoms with Crippen LogP contribution in [0.5, 0.6) is 0 Å². The molecule has 0 spiro atoms. The van der Waals surface area contributed by atoms with Crippen molar-refractivity contribution in [2.24, 2.45) is 0 Å². The smallest absolute Gasteiger partial charge is 0.410 e. The molecule has 0 radical (unpaired) electrons. The molecule has 1 heterocycles. The highest BCUT2D eigenvalue weighted by Gasteiger charge is 2.23. The molecule has 1 aliphatic rings. The van der Waals surface area contributed by atoms with Crippen molar-refractivity contribution < 1.29 is 13.9 Å². The van der Waals surface area contributed by atoms with Crippen molar-refractivity contribution in [3.8, 4) is 0 Å². The molecule has 0 saturated carbocycles. The largest absolute Gasteiger partial charge is 0.445 e. The third kappa shape index (κ3) is 3.30. The first-order valence-corrected chi connectivity index (χ1v) is 7.85. The van der Waals surface area contributed by atoms with Crippen LogP contribution in [-0.4, -0.2) is 17.5 Å². The monoisotopic (exact) mass is 363 g/mol. The van der Waals surface area contributed by atoms with Gasteiger partial charge in [0.1, 0.15) is 12.4 Å². The van der Waals surface area contributed by atoms with Crippen molar-refractivity contribution in [2.75, 3.05) is 6.54 Å². The van der Waals surface area contributed by atoms with Gasteiger partial charge in [-0.1, -0.05) is 30.3 Å². The molecule has 0 saturated heterocycles. The Labute approximate surface area is 136 Å². The summed E-state index contributed by atoms with van der Waals surface area (Å²) in [6.45, 7) is 1.25. The zero-order chi connectivity index (χ0) is 15.5. The maximum atomic E-state index is 13.5. The summed E-state index contributed by atoms with van der Waals surface area (Å²) in [4.78, 5) is 13.8. The van der Waals surface area contributed by atoms with E-state index < -0.39 is 0 Å². The average Bonchev–Trinajstić information content (AvgIpc) is 2.54. The first-order chi connectivity index (χ1) is 10.6. The molecule has 0 N–H and O–H groups in total. The Morgan fingerprint density at radius 3 is 2.77 bits per heavy atom. The molecule has 3 nitrogen and oxygen atoms in total. The van der Waals surface area contributed by atoms with Crippen LogP contribution in [0.4, 0.5) is 9.18 Å². The Morgan fingerprint density at radius 2 is 2.00 bits per heavy atom. The van der Waals surface area contributed by atoms with E-state index in [9.17, 15) is 9.18 Å². The van der Waals surface area contributed by atoms with Gasteiger partial charge in [0.15, 0.2) is 0 Å². The van der Waals surface area contributed by atoms with Crippen LogP contribution in [0.15, 0.2) is 46.9 Å². The van der Waals surface area contributed by atoms with Crippen LogP contribution in [0.2, 0.25) is 0 Å². The van der Waals surface area contributed by atoms with Gasteiger partial charge in [-0.15, -0.1) is 0 Å². The molecule has 2 aromatic carbocycles. The van der Waals surface area contributed by atoms with Crippen molar-refractivity contribution in [3.05, 3.63) is 69.4 Å². The molecule has 5 heteroatoms. The highest BCUT2D eigenvalue weighted by Crippen LogP contribution is 2.26. The molecule has 0 atom stereocenters. The molecule has 1 aliphatic heterocycles. The normalized spacial score (nSPS) is 13.6. The van der Waals surface area contributed by atoms with Crippen LogP contribution in [0.1, 0.15) is 16.7 Å². The second-order valence-electron chi connectivity index (χ2n) is 5.25. The van der Waals surface area contributed by atoms with Gasteiger partial charge in [0, 0.05) is 13.1 Å². The van der Waals surface area contributed by atoms with Crippen LogP contribution >= 0.6 is 15.9 Å². The lowest BCUT2D eigenvalue weighted by Gasteiger charge is -2.28.